The second-order valence-electron chi connectivity index (χ2n) is 4.15. The van der Waals surface area contributed by atoms with Crippen molar-refractivity contribution in [1.29, 1.82) is 0 Å². The van der Waals surface area contributed by atoms with Gasteiger partial charge in [0.2, 0.25) is 0 Å². The molecule has 0 amide bonds. The highest BCUT2D eigenvalue weighted by atomic mass is 16.8. The van der Waals surface area contributed by atoms with Gasteiger partial charge in [-0.05, 0) is 27.7 Å². The Balaban J connectivity index is 4.05. The maximum atomic E-state index is 11.0. The number of carbonyl (C=O) groups is 1. The van der Waals surface area contributed by atoms with Crippen molar-refractivity contribution in [1.82, 2.24) is 0 Å². The van der Waals surface area contributed by atoms with E-state index in [9.17, 15) is 4.79 Å². The molecule has 0 aromatic heterocycles. The average molecular weight is 258 g/mol. The van der Waals surface area contributed by atoms with Crippen LogP contribution < -0.4 is 0 Å². The lowest BCUT2D eigenvalue weighted by molar-refractivity contribution is -0.283. The molecule has 0 spiro atoms. The number of esters is 1. The van der Waals surface area contributed by atoms with Gasteiger partial charge < -0.3 is 18.9 Å². The third-order valence-corrected chi connectivity index (χ3v) is 1.89. The van der Waals surface area contributed by atoms with Crippen LogP contribution in [0.15, 0.2) is 25.5 Å². The molecule has 0 aliphatic rings. The summed E-state index contributed by atoms with van der Waals surface area (Å²) in [5.41, 5.74) is 0. The minimum Gasteiger partial charge on any atom is -0.473 e. The van der Waals surface area contributed by atoms with E-state index in [1.807, 2.05) is 0 Å². The van der Waals surface area contributed by atoms with E-state index in [4.69, 9.17) is 18.9 Å². The van der Waals surface area contributed by atoms with E-state index >= 15 is 0 Å². The first-order valence-electron chi connectivity index (χ1n) is 5.72. The van der Waals surface area contributed by atoms with Gasteiger partial charge >= 0.3 is 5.97 Å². The smallest absolute Gasteiger partial charge is 0.330 e. The summed E-state index contributed by atoms with van der Waals surface area (Å²) < 4.78 is 21.0. The second-order valence-corrected chi connectivity index (χ2v) is 4.15. The van der Waals surface area contributed by atoms with Gasteiger partial charge in [0.25, 0.3) is 0 Å². The lowest BCUT2D eigenvalue weighted by Crippen LogP contribution is -2.36. The molecule has 0 radical (unpaired) electrons. The van der Waals surface area contributed by atoms with Crippen LogP contribution in [-0.2, 0) is 23.7 Å². The minimum absolute atomic E-state index is 0.216. The van der Waals surface area contributed by atoms with E-state index in [0.29, 0.717) is 0 Å². The Morgan fingerprint density at radius 2 is 1.94 bits per heavy atom. The van der Waals surface area contributed by atoms with Gasteiger partial charge in [0.1, 0.15) is 6.10 Å². The van der Waals surface area contributed by atoms with Gasteiger partial charge in [0.15, 0.2) is 12.1 Å². The molecule has 0 aliphatic heterocycles. The van der Waals surface area contributed by atoms with E-state index in [1.165, 1.54) is 6.26 Å². The zero-order valence-electron chi connectivity index (χ0n) is 11.5. The molecule has 5 nitrogen and oxygen atoms in total. The van der Waals surface area contributed by atoms with E-state index < -0.39 is 18.0 Å². The SMILES string of the molecule is C=COC(C)OC(C)(C)OCC(C)OC(=O)C=C. The van der Waals surface area contributed by atoms with Crippen molar-refractivity contribution in [2.75, 3.05) is 6.61 Å². The number of ether oxygens (including phenoxy) is 4. The van der Waals surface area contributed by atoms with E-state index in [2.05, 4.69) is 13.2 Å². The van der Waals surface area contributed by atoms with Crippen molar-refractivity contribution in [2.45, 2.75) is 45.9 Å². The van der Waals surface area contributed by atoms with Gasteiger partial charge in [-0.3, -0.25) is 0 Å². The Hall–Kier alpha value is -1.33. The molecule has 0 heterocycles. The fourth-order valence-electron chi connectivity index (χ4n) is 1.20. The van der Waals surface area contributed by atoms with Crippen molar-refractivity contribution >= 4 is 5.97 Å². The van der Waals surface area contributed by atoms with Gasteiger partial charge in [-0.25, -0.2) is 4.79 Å². The molecular weight excluding hydrogens is 236 g/mol. The Morgan fingerprint density at radius 1 is 1.33 bits per heavy atom. The summed E-state index contributed by atoms with van der Waals surface area (Å²) in [6, 6.07) is 0. The zero-order valence-corrected chi connectivity index (χ0v) is 11.5. The van der Waals surface area contributed by atoms with Crippen molar-refractivity contribution in [2.24, 2.45) is 0 Å². The van der Waals surface area contributed by atoms with Crippen molar-refractivity contribution in [3.05, 3.63) is 25.5 Å². The summed E-state index contributed by atoms with van der Waals surface area (Å²) in [7, 11) is 0. The Labute approximate surface area is 108 Å². The fraction of sp³-hybridized carbons (Fsp3) is 0.615. The fourth-order valence-corrected chi connectivity index (χ4v) is 1.20. The first kappa shape index (κ1) is 16.7. The van der Waals surface area contributed by atoms with Crippen LogP contribution in [0, 0.1) is 0 Å². The largest absolute Gasteiger partial charge is 0.473 e. The first-order valence-corrected chi connectivity index (χ1v) is 5.72. The maximum Gasteiger partial charge on any atom is 0.330 e. The number of carbonyl (C=O) groups excluding carboxylic acids is 1. The molecule has 2 unspecified atom stereocenters. The van der Waals surface area contributed by atoms with Gasteiger partial charge in [-0.1, -0.05) is 13.2 Å². The molecule has 5 heteroatoms. The highest BCUT2D eigenvalue weighted by Crippen LogP contribution is 2.15. The van der Waals surface area contributed by atoms with Gasteiger partial charge in [0.05, 0.1) is 12.9 Å². The summed E-state index contributed by atoms with van der Waals surface area (Å²) in [4.78, 5) is 11.0. The van der Waals surface area contributed by atoms with E-state index in [1.54, 1.807) is 27.7 Å². The first-order chi connectivity index (χ1) is 8.30. The zero-order chi connectivity index (χ0) is 14.2. The molecule has 0 rings (SSSR count). The van der Waals surface area contributed by atoms with Crippen LogP contribution in [0.4, 0.5) is 0 Å². The molecule has 2 atom stereocenters. The standard InChI is InChI=1S/C13H22O5/c1-7-12(14)17-10(3)9-16-13(5,6)18-11(4)15-8-2/h7-8,10-11H,1-2,9H2,3-6H3. The van der Waals surface area contributed by atoms with Gasteiger partial charge in [-0.15, -0.1) is 0 Å². The summed E-state index contributed by atoms with van der Waals surface area (Å²) in [5.74, 6) is -1.33. The molecule has 0 saturated heterocycles. The molecule has 0 fully saturated rings. The summed E-state index contributed by atoms with van der Waals surface area (Å²) in [6.45, 7) is 13.9. The second kappa shape index (κ2) is 7.89. The average Bonchev–Trinajstić information content (AvgIpc) is 2.26. The van der Waals surface area contributed by atoms with Crippen LogP contribution in [0.1, 0.15) is 27.7 Å². The summed E-state index contributed by atoms with van der Waals surface area (Å²) in [5, 5.41) is 0. The Kier molecular flexibility index (Phi) is 7.31. The lowest BCUT2D eigenvalue weighted by atomic mass is 10.3. The molecule has 0 saturated carbocycles. The molecule has 0 aliphatic carbocycles. The predicted molar refractivity (Wildman–Crippen MR) is 67.6 cm³/mol. The molecule has 0 N–H and O–H groups in total. The van der Waals surface area contributed by atoms with E-state index in [-0.39, 0.29) is 12.7 Å². The lowest BCUT2D eigenvalue weighted by Gasteiger charge is -2.29. The number of hydrogen-bond acceptors (Lipinski definition) is 5. The molecule has 104 valence electrons. The molecule has 18 heavy (non-hydrogen) atoms. The van der Waals surface area contributed by atoms with Gasteiger partial charge in [0, 0.05) is 6.08 Å². The van der Waals surface area contributed by atoms with Crippen LogP contribution >= 0.6 is 0 Å². The highest BCUT2D eigenvalue weighted by Gasteiger charge is 2.24. The summed E-state index contributed by atoms with van der Waals surface area (Å²) >= 11 is 0. The van der Waals surface area contributed by atoms with Crippen LogP contribution in [0.3, 0.4) is 0 Å². The summed E-state index contributed by atoms with van der Waals surface area (Å²) in [6.07, 6.45) is 1.56. The maximum absolute atomic E-state index is 11.0. The van der Waals surface area contributed by atoms with E-state index in [0.717, 1.165) is 6.08 Å². The van der Waals surface area contributed by atoms with Crippen molar-refractivity contribution < 1.29 is 23.7 Å². The Morgan fingerprint density at radius 3 is 2.44 bits per heavy atom. The quantitative estimate of drug-likeness (QED) is 0.275. The van der Waals surface area contributed by atoms with Crippen LogP contribution in [0.5, 0.6) is 0 Å². The minimum atomic E-state index is -0.850. The normalized spacial score (nSPS) is 14.4. The number of hydrogen-bond donors (Lipinski definition) is 0. The molecule has 0 aromatic carbocycles. The van der Waals surface area contributed by atoms with Gasteiger partial charge in [-0.2, -0.15) is 0 Å². The van der Waals surface area contributed by atoms with Crippen LogP contribution in [-0.4, -0.2) is 30.8 Å². The van der Waals surface area contributed by atoms with Crippen LogP contribution in [0.25, 0.3) is 0 Å². The molecular formula is C13H22O5. The van der Waals surface area contributed by atoms with Crippen LogP contribution in [0.2, 0.25) is 0 Å². The molecule has 0 aromatic rings. The topological polar surface area (TPSA) is 54.0 Å². The molecule has 0 bridgehead atoms. The van der Waals surface area contributed by atoms with Crippen molar-refractivity contribution in [3.63, 3.8) is 0 Å². The highest BCUT2D eigenvalue weighted by molar-refractivity contribution is 5.81. The number of rotatable bonds is 9. The Bertz CT molecular complexity index is 285. The third kappa shape index (κ3) is 7.86. The third-order valence-electron chi connectivity index (χ3n) is 1.89. The predicted octanol–water partition coefficient (Wildman–Crippen LogP) is 2.38. The monoisotopic (exact) mass is 258 g/mol. The van der Waals surface area contributed by atoms with Crippen molar-refractivity contribution in [3.8, 4) is 0 Å².